The van der Waals surface area contributed by atoms with Gasteiger partial charge in [0.25, 0.3) is 0 Å². The molecule has 5 nitrogen and oxygen atoms in total. The van der Waals surface area contributed by atoms with Gasteiger partial charge in [-0.05, 0) is 39.2 Å². The van der Waals surface area contributed by atoms with Crippen molar-refractivity contribution in [1.82, 2.24) is 4.90 Å². The van der Waals surface area contributed by atoms with E-state index in [4.69, 9.17) is 11.5 Å². The molecule has 1 heterocycles. The van der Waals surface area contributed by atoms with Crippen LogP contribution in [0.5, 0.6) is 0 Å². The lowest BCUT2D eigenvalue weighted by Gasteiger charge is -2.37. The number of unbranched alkanes of at least 4 members (excludes halogenated alkanes) is 3. The van der Waals surface area contributed by atoms with Gasteiger partial charge < -0.3 is 16.4 Å². The van der Waals surface area contributed by atoms with Crippen molar-refractivity contribution in [3.63, 3.8) is 0 Å². The van der Waals surface area contributed by atoms with Crippen LogP contribution >= 0.6 is 12.4 Å². The third-order valence-corrected chi connectivity index (χ3v) is 3.95. The lowest BCUT2D eigenvalue weighted by Crippen LogP contribution is -2.48. The zero-order chi connectivity index (χ0) is 14.3. The summed E-state index contributed by atoms with van der Waals surface area (Å²) in [6.07, 6.45) is 6.30. The molecular formula is C14H28ClN3O2. The Labute approximate surface area is 127 Å². The predicted octanol–water partition coefficient (Wildman–Crippen LogP) is 1.43. The van der Waals surface area contributed by atoms with Gasteiger partial charge in [0.2, 0.25) is 11.8 Å². The first-order valence-corrected chi connectivity index (χ1v) is 7.35. The zero-order valence-electron chi connectivity index (χ0n) is 12.3. The first kappa shape index (κ1) is 19.2. The van der Waals surface area contributed by atoms with Crippen LogP contribution in [0.3, 0.4) is 0 Å². The number of halogens is 1. The van der Waals surface area contributed by atoms with Crippen LogP contribution in [-0.4, -0.2) is 35.8 Å². The van der Waals surface area contributed by atoms with Crippen LogP contribution < -0.4 is 11.5 Å². The molecule has 0 aliphatic carbocycles. The van der Waals surface area contributed by atoms with Gasteiger partial charge in [0, 0.05) is 19.0 Å². The summed E-state index contributed by atoms with van der Waals surface area (Å²) in [5, 5.41) is 0. The fraction of sp³-hybridized carbons (Fsp3) is 0.857. The molecule has 1 fully saturated rings. The summed E-state index contributed by atoms with van der Waals surface area (Å²) in [5.74, 6) is -0.295. The zero-order valence-corrected chi connectivity index (χ0v) is 13.2. The van der Waals surface area contributed by atoms with Crippen LogP contribution in [0.4, 0.5) is 0 Å². The number of hydrogen-bond acceptors (Lipinski definition) is 3. The summed E-state index contributed by atoms with van der Waals surface area (Å²) in [5.41, 5.74) is 10.8. The van der Waals surface area contributed by atoms with Crippen LogP contribution in [-0.2, 0) is 9.59 Å². The molecule has 2 unspecified atom stereocenters. The molecule has 1 aliphatic heterocycles. The second-order valence-corrected chi connectivity index (χ2v) is 5.52. The van der Waals surface area contributed by atoms with E-state index in [0.29, 0.717) is 13.0 Å². The molecule has 0 saturated carbocycles. The number of rotatable bonds is 7. The number of amides is 2. The SMILES string of the molecule is CC1CCC(C(N)=O)CN1C(=O)CCCCCCN.Cl. The molecule has 0 aromatic carbocycles. The first-order valence-electron chi connectivity index (χ1n) is 7.35. The van der Waals surface area contributed by atoms with Gasteiger partial charge >= 0.3 is 0 Å². The molecule has 1 aliphatic rings. The third kappa shape index (κ3) is 6.09. The van der Waals surface area contributed by atoms with E-state index in [2.05, 4.69) is 0 Å². The van der Waals surface area contributed by atoms with Crippen LogP contribution in [0.15, 0.2) is 0 Å². The Morgan fingerprint density at radius 2 is 1.80 bits per heavy atom. The highest BCUT2D eigenvalue weighted by Crippen LogP contribution is 2.22. The average Bonchev–Trinajstić information content (AvgIpc) is 2.38. The Morgan fingerprint density at radius 3 is 2.40 bits per heavy atom. The van der Waals surface area contributed by atoms with Crippen molar-refractivity contribution in [2.75, 3.05) is 13.1 Å². The molecule has 0 radical (unpaired) electrons. The molecular weight excluding hydrogens is 278 g/mol. The van der Waals surface area contributed by atoms with Gasteiger partial charge in [-0.15, -0.1) is 12.4 Å². The van der Waals surface area contributed by atoms with Gasteiger partial charge in [0.05, 0.1) is 5.92 Å². The third-order valence-electron chi connectivity index (χ3n) is 3.95. The van der Waals surface area contributed by atoms with Crippen molar-refractivity contribution in [1.29, 1.82) is 0 Å². The maximum absolute atomic E-state index is 12.2. The molecule has 2 amide bonds. The minimum atomic E-state index is -0.285. The normalized spacial score (nSPS) is 22.2. The van der Waals surface area contributed by atoms with Gasteiger partial charge in [-0.1, -0.05) is 12.8 Å². The molecule has 1 saturated heterocycles. The Bertz CT molecular complexity index is 313. The van der Waals surface area contributed by atoms with Crippen molar-refractivity contribution in [2.45, 2.75) is 57.9 Å². The molecule has 0 bridgehead atoms. The van der Waals surface area contributed by atoms with Crippen LogP contribution in [0.1, 0.15) is 51.9 Å². The van der Waals surface area contributed by atoms with Crippen LogP contribution in [0.25, 0.3) is 0 Å². The maximum Gasteiger partial charge on any atom is 0.222 e. The standard InChI is InChI=1S/C14H27N3O2.ClH/c1-11-7-8-12(14(16)19)10-17(11)13(18)6-4-2-3-5-9-15;/h11-12H,2-10,15H2,1H3,(H2,16,19);1H. The smallest absolute Gasteiger partial charge is 0.222 e. The highest BCUT2D eigenvalue weighted by atomic mass is 35.5. The summed E-state index contributed by atoms with van der Waals surface area (Å²) in [6, 6.07) is 0.229. The minimum absolute atomic E-state index is 0. The van der Waals surface area contributed by atoms with Crippen molar-refractivity contribution in [3.05, 3.63) is 0 Å². The molecule has 118 valence electrons. The summed E-state index contributed by atoms with van der Waals surface area (Å²) in [7, 11) is 0. The fourth-order valence-electron chi connectivity index (χ4n) is 2.60. The number of nitrogens with two attached hydrogens (primary N) is 2. The highest BCUT2D eigenvalue weighted by Gasteiger charge is 2.30. The van der Waals surface area contributed by atoms with Gasteiger partial charge in [0.1, 0.15) is 0 Å². The summed E-state index contributed by atoms with van der Waals surface area (Å²) in [4.78, 5) is 25.2. The largest absolute Gasteiger partial charge is 0.369 e. The molecule has 4 N–H and O–H groups in total. The van der Waals surface area contributed by atoms with Gasteiger partial charge in [-0.25, -0.2) is 0 Å². The molecule has 0 aromatic heterocycles. The van der Waals surface area contributed by atoms with E-state index in [1.165, 1.54) is 0 Å². The fourth-order valence-corrected chi connectivity index (χ4v) is 2.60. The lowest BCUT2D eigenvalue weighted by molar-refractivity contribution is -0.137. The predicted molar refractivity (Wildman–Crippen MR) is 82.5 cm³/mol. The second kappa shape index (κ2) is 10.00. The lowest BCUT2D eigenvalue weighted by atomic mass is 9.92. The van der Waals surface area contributed by atoms with E-state index >= 15 is 0 Å². The number of primary amides is 1. The second-order valence-electron chi connectivity index (χ2n) is 5.52. The van der Waals surface area contributed by atoms with E-state index < -0.39 is 0 Å². The maximum atomic E-state index is 12.2. The van der Waals surface area contributed by atoms with Gasteiger partial charge in [-0.2, -0.15) is 0 Å². The number of carbonyl (C=O) groups excluding carboxylic acids is 2. The van der Waals surface area contributed by atoms with Crippen molar-refractivity contribution < 1.29 is 9.59 Å². The van der Waals surface area contributed by atoms with Crippen LogP contribution in [0, 0.1) is 5.92 Å². The van der Waals surface area contributed by atoms with Gasteiger partial charge in [-0.3, -0.25) is 9.59 Å². The van der Waals surface area contributed by atoms with E-state index in [0.717, 1.165) is 45.1 Å². The molecule has 1 rings (SSSR count). The van der Waals surface area contributed by atoms with E-state index in [9.17, 15) is 9.59 Å². The van der Waals surface area contributed by atoms with Crippen molar-refractivity contribution in [3.8, 4) is 0 Å². The molecule has 2 atom stereocenters. The van der Waals surface area contributed by atoms with Gasteiger partial charge in [0.15, 0.2) is 0 Å². The van der Waals surface area contributed by atoms with Crippen molar-refractivity contribution in [2.24, 2.45) is 17.4 Å². The Morgan fingerprint density at radius 1 is 1.15 bits per heavy atom. The Balaban J connectivity index is 0.00000361. The van der Waals surface area contributed by atoms with Crippen LogP contribution in [0.2, 0.25) is 0 Å². The number of likely N-dealkylation sites (tertiary alicyclic amines) is 1. The first-order chi connectivity index (χ1) is 9.06. The minimum Gasteiger partial charge on any atom is -0.369 e. The topological polar surface area (TPSA) is 89.4 Å². The number of hydrogen-bond donors (Lipinski definition) is 2. The summed E-state index contributed by atoms with van der Waals surface area (Å²) < 4.78 is 0. The molecule has 0 aromatic rings. The molecule has 0 spiro atoms. The van der Waals surface area contributed by atoms with Crippen molar-refractivity contribution >= 4 is 24.2 Å². The average molecular weight is 306 g/mol. The Kier molecular flexibility index (Phi) is 9.59. The summed E-state index contributed by atoms with van der Waals surface area (Å²) in [6.45, 7) is 3.26. The number of piperidine rings is 1. The molecule has 20 heavy (non-hydrogen) atoms. The van der Waals surface area contributed by atoms with E-state index in [1.807, 2.05) is 11.8 Å². The highest BCUT2D eigenvalue weighted by molar-refractivity contribution is 5.85. The summed E-state index contributed by atoms with van der Waals surface area (Å²) >= 11 is 0. The Hall–Kier alpha value is -0.810. The quantitative estimate of drug-likeness (QED) is 0.697. The number of nitrogens with zero attached hydrogens (tertiary/aromatic N) is 1. The molecule has 6 heteroatoms. The van der Waals surface area contributed by atoms with E-state index in [1.54, 1.807) is 0 Å². The monoisotopic (exact) mass is 305 g/mol. The number of carbonyl (C=O) groups is 2. The van der Waals surface area contributed by atoms with E-state index in [-0.39, 0.29) is 36.2 Å².